The van der Waals surface area contributed by atoms with Gasteiger partial charge < -0.3 is 14.6 Å². The summed E-state index contributed by atoms with van der Waals surface area (Å²) in [4.78, 5) is 14.8. The molecule has 3 atom stereocenters. The van der Waals surface area contributed by atoms with Gasteiger partial charge in [-0.15, -0.1) is 0 Å². The zero-order valence-electron chi connectivity index (χ0n) is 20.6. The molecule has 0 radical (unpaired) electrons. The lowest BCUT2D eigenvalue weighted by molar-refractivity contribution is -0.121. The van der Waals surface area contributed by atoms with E-state index >= 15 is 0 Å². The summed E-state index contributed by atoms with van der Waals surface area (Å²) >= 11 is 0. The number of Topliss-reactive ketones (excluding diaryl/α,β-unsaturated/α-hetero) is 1. The zero-order chi connectivity index (χ0) is 23.9. The second-order valence-electron chi connectivity index (χ2n) is 9.37. The first-order valence-electron chi connectivity index (χ1n) is 12.8. The summed E-state index contributed by atoms with van der Waals surface area (Å²) in [7, 11) is 1.72. The molecule has 2 rings (SSSR count). The van der Waals surface area contributed by atoms with Crippen LogP contribution in [0.4, 0.5) is 4.39 Å². The van der Waals surface area contributed by atoms with E-state index in [1.807, 2.05) is 29.2 Å². The number of hydrogen-bond acceptors (Lipinski definition) is 5. The van der Waals surface area contributed by atoms with Crippen molar-refractivity contribution in [1.82, 2.24) is 4.90 Å². The third-order valence-electron chi connectivity index (χ3n) is 6.44. The molecule has 1 saturated heterocycles. The number of ether oxygens (including phenoxy) is 2. The molecule has 0 saturated carbocycles. The van der Waals surface area contributed by atoms with Crippen LogP contribution in [0.1, 0.15) is 82.8 Å². The fraction of sp³-hybridized carbons (Fsp3) is 0.741. The maximum atomic E-state index is 13.7. The minimum atomic E-state index is -0.809. The fourth-order valence-electron chi connectivity index (χ4n) is 4.42. The number of halogens is 1. The summed E-state index contributed by atoms with van der Waals surface area (Å²) in [5.41, 5.74) is 0.782. The van der Waals surface area contributed by atoms with Crippen molar-refractivity contribution in [3.05, 3.63) is 29.8 Å². The first kappa shape index (κ1) is 27.7. The molecule has 0 aromatic heterocycles. The van der Waals surface area contributed by atoms with Gasteiger partial charge in [0.1, 0.15) is 17.7 Å². The van der Waals surface area contributed by atoms with Crippen molar-refractivity contribution in [1.29, 1.82) is 0 Å². The van der Waals surface area contributed by atoms with Crippen LogP contribution in [-0.2, 0) is 9.53 Å². The molecular formula is C27H44FNO4. The fourth-order valence-corrected chi connectivity index (χ4v) is 4.42. The molecule has 33 heavy (non-hydrogen) atoms. The molecule has 1 heterocycles. The highest BCUT2D eigenvalue weighted by Crippen LogP contribution is 2.29. The van der Waals surface area contributed by atoms with Gasteiger partial charge in [0.2, 0.25) is 0 Å². The summed E-state index contributed by atoms with van der Waals surface area (Å²) < 4.78 is 24.5. The first-order chi connectivity index (χ1) is 16.0. The molecule has 1 fully saturated rings. The summed E-state index contributed by atoms with van der Waals surface area (Å²) in [6.45, 7) is 5.22. The normalized spacial score (nSPS) is 18.4. The molecule has 1 N–H and O–H groups in total. The number of hydrogen-bond donors (Lipinski definition) is 1. The van der Waals surface area contributed by atoms with E-state index in [1.165, 1.54) is 0 Å². The number of alkyl halides is 1. The number of unbranched alkanes of at least 4 members (excludes halogenated alkanes) is 5. The number of aliphatic hydroxyl groups excluding tert-OH is 1. The highest BCUT2D eigenvalue weighted by atomic mass is 19.1. The van der Waals surface area contributed by atoms with Crippen LogP contribution in [0.2, 0.25) is 0 Å². The Labute approximate surface area is 199 Å². The molecule has 1 aliphatic heterocycles. The lowest BCUT2D eigenvalue weighted by Gasteiger charge is -2.27. The van der Waals surface area contributed by atoms with E-state index in [1.54, 1.807) is 7.11 Å². The second kappa shape index (κ2) is 16.2. The summed E-state index contributed by atoms with van der Waals surface area (Å²) in [6, 6.07) is 7.52. The molecule has 5 nitrogen and oxygen atoms in total. The van der Waals surface area contributed by atoms with Crippen molar-refractivity contribution in [2.75, 3.05) is 40.0 Å². The molecule has 0 aliphatic carbocycles. The molecule has 0 unspecified atom stereocenters. The van der Waals surface area contributed by atoms with Gasteiger partial charge in [-0.05, 0) is 43.4 Å². The number of likely N-dealkylation sites (tertiary alicyclic amines) is 1. The Balaban J connectivity index is 1.89. The number of rotatable bonds is 18. The van der Waals surface area contributed by atoms with Crippen LogP contribution in [0.5, 0.6) is 5.75 Å². The van der Waals surface area contributed by atoms with Crippen molar-refractivity contribution < 1.29 is 23.8 Å². The van der Waals surface area contributed by atoms with Gasteiger partial charge in [0.25, 0.3) is 0 Å². The Kier molecular flexibility index (Phi) is 13.6. The topological polar surface area (TPSA) is 59.0 Å². The first-order valence-corrected chi connectivity index (χ1v) is 12.8. The van der Waals surface area contributed by atoms with E-state index in [2.05, 4.69) is 6.92 Å². The molecule has 0 amide bonds. The van der Waals surface area contributed by atoms with Gasteiger partial charge in [-0.1, -0.05) is 44.7 Å². The van der Waals surface area contributed by atoms with E-state index in [4.69, 9.17) is 9.47 Å². The van der Waals surface area contributed by atoms with Gasteiger partial charge in [-0.2, -0.15) is 0 Å². The van der Waals surface area contributed by atoms with Crippen LogP contribution in [0.15, 0.2) is 24.3 Å². The van der Waals surface area contributed by atoms with Crippen molar-refractivity contribution in [2.45, 2.75) is 83.4 Å². The minimum Gasteiger partial charge on any atom is -0.494 e. The van der Waals surface area contributed by atoms with E-state index in [0.29, 0.717) is 45.5 Å². The lowest BCUT2D eigenvalue weighted by Crippen LogP contribution is -2.32. The van der Waals surface area contributed by atoms with E-state index in [-0.39, 0.29) is 11.7 Å². The number of carbonyl (C=O) groups excluding carboxylic acids is 1. The standard InChI is InChI=1S/C27H44FNO4/c1-3-4-18-33-26-13-11-22(12-14-26)27(31)23(20-29-16-15-24(28)21-29)19-25(30)10-8-6-5-7-9-17-32-2/h11-14,23-24,27,31H,3-10,15-21H2,1-2H3/t23-,24-,27-/m1/s1. The predicted octanol–water partition coefficient (Wildman–Crippen LogP) is 5.51. The average molecular weight is 466 g/mol. The Morgan fingerprint density at radius 3 is 2.52 bits per heavy atom. The molecule has 0 bridgehead atoms. The highest BCUT2D eigenvalue weighted by molar-refractivity contribution is 5.78. The van der Waals surface area contributed by atoms with Gasteiger partial charge in [0.05, 0.1) is 12.7 Å². The van der Waals surface area contributed by atoms with Crippen molar-refractivity contribution >= 4 is 5.78 Å². The Morgan fingerprint density at radius 2 is 1.85 bits per heavy atom. The number of carbonyl (C=O) groups is 1. The molecule has 188 valence electrons. The van der Waals surface area contributed by atoms with Gasteiger partial charge in [0, 0.05) is 52.1 Å². The highest BCUT2D eigenvalue weighted by Gasteiger charge is 2.29. The van der Waals surface area contributed by atoms with Crippen molar-refractivity contribution in [2.24, 2.45) is 5.92 Å². The van der Waals surface area contributed by atoms with Crippen LogP contribution in [0.3, 0.4) is 0 Å². The van der Waals surface area contributed by atoms with Crippen molar-refractivity contribution in [3.8, 4) is 5.75 Å². The molecule has 1 aliphatic rings. The maximum Gasteiger partial charge on any atom is 0.133 e. The number of aliphatic hydroxyl groups is 1. The molecule has 1 aromatic carbocycles. The SMILES string of the molecule is CCCCOc1ccc([C@@H](O)[C@H](CC(=O)CCCCCCCOC)CN2CC[C@@H](F)C2)cc1. The van der Waals surface area contributed by atoms with Crippen LogP contribution < -0.4 is 4.74 Å². The van der Waals surface area contributed by atoms with Crippen molar-refractivity contribution in [3.63, 3.8) is 0 Å². The summed E-state index contributed by atoms with van der Waals surface area (Å²) in [5.74, 6) is 0.736. The second-order valence-corrected chi connectivity index (χ2v) is 9.37. The predicted molar refractivity (Wildman–Crippen MR) is 130 cm³/mol. The Morgan fingerprint density at radius 1 is 1.12 bits per heavy atom. The summed E-state index contributed by atoms with van der Waals surface area (Å²) in [5, 5.41) is 11.1. The third-order valence-corrected chi connectivity index (χ3v) is 6.44. The number of methoxy groups -OCH3 is 1. The van der Waals surface area contributed by atoms with Crippen LogP contribution in [-0.4, -0.2) is 61.9 Å². The Bertz CT molecular complexity index is 654. The molecule has 6 heteroatoms. The van der Waals surface area contributed by atoms with Gasteiger partial charge in [-0.25, -0.2) is 4.39 Å². The monoisotopic (exact) mass is 465 g/mol. The maximum absolute atomic E-state index is 13.7. The van der Waals surface area contributed by atoms with E-state index in [0.717, 1.165) is 62.9 Å². The minimum absolute atomic E-state index is 0.187. The van der Waals surface area contributed by atoms with E-state index < -0.39 is 12.3 Å². The van der Waals surface area contributed by atoms with Gasteiger partial charge in [-0.3, -0.25) is 9.69 Å². The number of ketones is 1. The zero-order valence-corrected chi connectivity index (χ0v) is 20.6. The van der Waals surface area contributed by atoms with Crippen LogP contribution >= 0.6 is 0 Å². The lowest BCUT2D eigenvalue weighted by atomic mass is 9.89. The number of nitrogens with zero attached hydrogens (tertiary/aromatic N) is 1. The van der Waals surface area contributed by atoms with Gasteiger partial charge in [0.15, 0.2) is 0 Å². The molecule has 0 spiro atoms. The van der Waals surface area contributed by atoms with Crippen LogP contribution in [0.25, 0.3) is 0 Å². The van der Waals surface area contributed by atoms with Gasteiger partial charge >= 0.3 is 0 Å². The quantitative estimate of drug-likeness (QED) is 0.290. The third kappa shape index (κ3) is 11.0. The smallest absolute Gasteiger partial charge is 0.133 e. The van der Waals surface area contributed by atoms with E-state index in [9.17, 15) is 14.3 Å². The largest absolute Gasteiger partial charge is 0.494 e. The molecular weight excluding hydrogens is 421 g/mol. The number of benzene rings is 1. The summed E-state index contributed by atoms with van der Waals surface area (Å²) in [6.07, 6.45) is 7.15. The Hall–Kier alpha value is -1.50. The van der Waals surface area contributed by atoms with Crippen LogP contribution in [0, 0.1) is 5.92 Å². The molecule has 1 aromatic rings. The average Bonchev–Trinajstić information content (AvgIpc) is 3.22.